The summed E-state index contributed by atoms with van der Waals surface area (Å²) in [6, 6.07) is 11.1. The Balaban J connectivity index is 2.06. The number of fused-ring (bicyclic) bond motifs is 1. The van der Waals surface area contributed by atoms with E-state index in [1.807, 2.05) is 36.0 Å². The van der Waals surface area contributed by atoms with Crippen LogP contribution < -0.4 is 4.72 Å². The largest absolute Gasteiger partial charge is 0.416 e. The third kappa shape index (κ3) is 3.27. The van der Waals surface area contributed by atoms with Gasteiger partial charge in [0, 0.05) is 26.6 Å². The Morgan fingerprint density at radius 3 is 2.39 bits per heavy atom. The van der Waals surface area contributed by atoms with Crippen LogP contribution in [-0.2, 0) is 6.18 Å². The van der Waals surface area contributed by atoms with Crippen molar-refractivity contribution >= 4 is 38.8 Å². The third-order valence-corrected chi connectivity index (χ3v) is 4.75. The molecule has 0 aliphatic heterocycles. The normalized spacial score (nSPS) is 12.0. The number of benzene rings is 2. The first-order valence-electron chi connectivity index (χ1n) is 6.72. The molecule has 120 valence electrons. The molecule has 2 nitrogen and oxygen atoms in total. The lowest BCUT2D eigenvalue weighted by molar-refractivity contribution is -0.137. The van der Waals surface area contributed by atoms with Crippen LogP contribution in [-0.4, -0.2) is 11.6 Å². The topological polar surface area (TPSA) is 17.0 Å². The minimum atomic E-state index is -4.32. The fraction of sp³-hybridized carbons (Fsp3) is 0.125. The number of nitrogens with zero attached hydrogens (tertiary/aromatic N) is 1. The monoisotopic (exact) mass is 400 g/mol. The molecule has 0 aliphatic carbocycles. The number of hydrogen-bond acceptors (Lipinski definition) is 2. The Hall–Kier alpha value is -1.44. The van der Waals surface area contributed by atoms with Crippen molar-refractivity contribution in [1.82, 2.24) is 9.29 Å². The second-order valence-electron chi connectivity index (χ2n) is 4.88. The summed E-state index contributed by atoms with van der Waals surface area (Å²) in [6.07, 6.45) is -2.46. The molecule has 0 spiro atoms. The maximum Gasteiger partial charge on any atom is 0.416 e. The molecule has 0 amide bonds. The second-order valence-corrected chi connectivity index (χ2v) is 6.81. The number of aromatic nitrogens is 1. The summed E-state index contributed by atoms with van der Waals surface area (Å²) in [6.45, 7) is 0. The molecule has 0 aliphatic rings. The van der Waals surface area contributed by atoms with Gasteiger partial charge in [0.2, 0.25) is 0 Å². The summed E-state index contributed by atoms with van der Waals surface area (Å²) in [5.74, 6) is 0. The molecule has 0 bridgehead atoms. The van der Waals surface area contributed by atoms with Crippen molar-refractivity contribution in [3.8, 4) is 5.69 Å². The van der Waals surface area contributed by atoms with Crippen LogP contribution in [0.1, 0.15) is 5.56 Å². The van der Waals surface area contributed by atoms with Crippen molar-refractivity contribution in [3.05, 3.63) is 58.7 Å². The summed E-state index contributed by atoms with van der Waals surface area (Å²) >= 11 is 5.02. The molecule has 0 fully saturated rings. The molecule has 23 heavy (non-hydrogen) atoms. The van der Waals surface area contributed by atoms with Gasteiger partial charge in [-0.1, -0.05) is 0 Å². The molecule has 0 atom stereocenters. The Morgan fingerprint density at radius 2 is 1.78 bits per heavy atom. The van der Waals surface area contributed by atoms with Gasteiger partial charge >= 0.3 is 6.18 Å². The standard InChI is InChI=1S/C16H12BrF3N2S/c1-21-23-12-6-7-15-13(8-12)14(17)9-22(15)11-4-2-10(3-5-11)16(18,19)20/h2-9,21H,1H3. The lowest BCUT2D eigenvalue weighted by Gasteiger charge is -2.09. The van der Waals surface area contributed by atoms with E-state index in [1.165, 1.54) is 24.1 Å². The van der Waals surface area contributed by atoms with Crippen LogP contribution in [0.4, 0.5) is 13.2 Å². The van der Waals surface area contributed by atoms with Crippen LogP contribution in [0, 0.1) is 0 Å². The summed E-state index contributed by atoms with van der Waals surface area (Å²) in [7, 11) is 1.84. The molecule has 7 heteroatoms. The van der Waals surface area contributed by atoms with Gasteiger partial charge in [-0.15, -0.1) is 0 Å². The molecule has 3 rings (SSSR count). The lowest BCUT2D eigenvalue weighted by Crippen LogP contribution is -2.04. The van der Waals surface area contributed by atoms with Gasteiger partial charge in [-0.2, -0.15) is 13.2 Å². The lowest BCUT2D eigenvalue weighted by atomic mass is 10.2. The van der Waals surface area contributed by atoms with Crippen molar-refractivity contribution in [2.24, 2.45) is 0 Å². The summed E-state index contributed by atoms with van der Waals surface area (Å²) in [5, 5.41) is 1.00. The molecule has 0 saturated carbocycles. The first kappa shape index (κ1) is 16.4. The summed E-state index contributed by atoms with van der Waals surface area (Å²) in [4.78, 5) is 1.06. The van der Waals surface area contributed by atoms with Gasteiger partial charge < -0.3 is 4.57 Å². The predicted octanol–water partition coefficient (Wildman–Crippen LogP) is 5.64. The summed E-state index contributed by atoms with van der Waals surface area (Å²) in [5.41, 5.74) is 0.962. The van der Waals surface area contributed by atoms with Crippen molar-refractivity contribution in [2.45, 2.75) is 11.1 Å². The number of alkyl halides is 3. The van der Waals surface area contributed by atoms with E-state index in [0.29, 0.717) is 5.69 Å². The van der Waals surface area contributed by atoms with E-state index >= 15 is 0 Å². The average Bonchev–Trinajstić information content (AvgIpc) is 2.84. The number of halogens is 4. The minimum Gasteiger partial charge on any atom is -0.315 e. The fourth-order valence-corrected chi connectivity index (χ4v) is 3.45. The Labute approximate surface area is 143 Å². The summed E-state index contributed by atoms with van der Waals surface area (Å²) < 4.78 is 43.8. The van der Waals surface area contributed by atoms with E-state index in [1.54, 1.807) is 0 Å². The van der Waals surface area contributed by atoms with Crippen molar-refractivity contribution in [2.75, 3.05) is 7.05 Å². The highest BCUT2D eigenvalue weighted by Crippen LogP contribution is 2.33. The fourth-order valence-electron chi connectivity index (χ4n) is 2.37. The van der Waals surface area contributed by atoms with Crippen LogP contribution in [0.15, 0.2) is 58.0 Å². The van der Waals surface area contributed by atoms with Gasteiger partial charge in [0.1, 0.15) is 0 Å². The molecule has 0 unspecified atom stereocenters. The van der Waals surface area contributed by atoms with Crippen molar-refractivity contribution in [1.29, 1.82) is 0 Å². The van der Waals surface area contributed by atoms with E-state index in [-0.39, 0.29) is 0 Å². The maximum absolute atomic E-state index is 12.7. The Morgan fingerprint density at radius 1 is 1.09 bits per heavy atom. The van der Waals surface area contributed by atoms with E-state index in [9.17, 15) is 13.2 Å². The van der Waals surface area contributed by atoms with E-state index in [0.717, 1.165) is 32.4 Å². The zero-order valence-corrected chi connectivity index (χ0v) is 14.4. The average molecular weight is 401 g/mol. The minimum absolute atomic E-state index is 0.649. The highest BCUT2D eigenvalue weighted by Gasteiger charge is 2.30. The van der Waals surface area contributed by atoms with Gasteiger partial charge in [-0.05, 0) is 77.4 Å². The molecule has 1 heterocycles. The van der Waals surface area contributed by atoms with Crippen LogP contribution in [0.25, 0.3) is 16.6 Å². The Bertz CT molecular complexity index is 841. The molecular weight excluding hydrogens is 389 g/mol. The quantitative estimate of drug-likeness (QED) is 0.573. The number of rotatable bonds is 3. The molecule has 2 aromatic carbocycles. The van der Waals surface area contributed by atoms with Gasteiger partial charge in [-0.3, -0.25) is 4.72 Å². The maximum atomic E-state index is 12.7. The van der Waals surface area contributed by atoms with E-state index in [4.69, 9.17) is 0 Å². The smallest absolute Gasteiger partial charge is 0.315 e. The molecule has 0 saturated heterocycles. The van der Waals surface area contributed by atoms with Crippen molar-refractivity contribution < 1.29 is 13.2 Å². The first-order valence-corrected chi connectivity index (χ1v) is 8.33. The predicted molar refractivity (Wildman–Crippen MR) is 90.9 cm³/mol. The zero-order valence-electron chi connectivity index (χ0n) is 12.0. The van der Waals surface area contributed by atoms with E-state index < -0.39 is 11.7 Å². The highest BCUT2D eigenvalue weighted by atomic mass is 79.9. The van der Waals surface area contributed by atoms with E-state index in [2.05, 4.69) is 20.7 Å². The molecule has 0 radical (unpaired) electrons. The number of nitrogens with one attached hydrogen (secondary N) is 1. The molecular formula is C16H12BrF3N2S. The van der Waals surface area contributed by atoms with Gasteiger partial charge in [0.05, 0.1) is 11.1 Å². The second kappa shape index (κ2) is 6.22. The molecule has 1 aromatic heterocycles. The molecule has 1 N–H and O–H groups in total. The molecule has 3 aromatic rings. The van der Waals surface area contributed by atoms with Crippen LogP contribution in [0.3, 0.4) is 0 Å². The highest BCUT2D eigenvalue weighted by molar-refractivity contribution is 9.10. The SMILES string of the molecule is CNSc1ccc2c(c1)c(Br)cn2-c1ccc(C(F)(F)F)cc1. The van der Waals surface area contributed by atoms with Crippen LogP contribution in [0.5, 0.6) is 0 Å². The van der Waals surface area contributed by atoms with Crippen LogP contribution >= 0.6 is 27.9 Å². The van der Waals surface area contributed by atoms with Gasteiger partial charge in [0.15, 0.2) is 0 Å². The van der Waals surface area contributed by atoms with Gasteiger partial charge in [-0.25, -0.2) is 0 Å². The number of hydrogen-bond donors (Lipinski definition) is 1. The van der Waals surface area contributed by atoms with Crippen molar-refractivity contribution in [3.63, 3.8) is 0 Å². The Kier molecular flexibility index (Phi) is 4.44. The zero-order chi connectivity index (χ0) is 16.6. The van der Waals surface area contributed by atoms with Gasteiger partial charge in [0.25, 0.3) is 0 Å². The first-order chi connectivity index (χ1) is 10.9. The third-order valence-electron chi connectivity index (χ3n) is 3.42. The van der Waals surface area contributed by atoms with Crippen LogP contribution in [0.2, 0.25) is 0 Å².